The van der Waals surface area contributed by atoms with Gasteiger partial charge >= 0.3 is 0 Å². The summed E-state index contributed by atoms with van der Waals surface area (Å²) in [5, 5.41) is 0.925. The fourth-order valence-corrected chi connectivity index (χ4v) is 3.22. The first kappa shape index (κ1) is 11.8. The molecule has 0 atom stereocenters. The molecule has 3 rings (SSSR count). The van der Waals surface area contributed by atoms with Gasteiger partial charge in [0.25, 0.3) is 0 Å². The Labute approximate surface area is 110 Å². The number of furan rings is 1. The molecule has 0 radical (unpaired) electrons. The van der Waals surface area contributed by atoms with Crippen molar-refractivity contribution in [3.05, 3.63) is 36.1 Å². The number of fused-ring (bicyclic) bond motifs is 1. The quantitative estimate of drug-likeness (QED) is 0.795. The first-order valence-corrected chi connectivity index (χ1v) is 7.29. The Morgan fingerprint density at radius 3 is 2.89 bits per heavy atom. The zero-order valence-corrected chi connectivity index (χ0v) is 10.9. The van der Waals surface area contributed by atoms with Crippen LogP contribution in [0.3, 0.4) is 0 Å². The third-order valence-corrected chi connectivity index (χ3v) is 4.19. The van der Waals surface area contributed by atoms with Crippen molar-refractivity contribution in [2.75, 3.05) is 31.1 Å². The van der Waals surface area contributed by atoms with E-state index < -0.39 is 0 Å². The molecule has 0 bridgehead atoms. The lowest BCUT2D eigenvalue weighted by molar-refractivity contribution is 0.0938. The summed E-state index contributed by atoms with van der Waals surface area (Å²) < 4.78 is 5.42. The maximum absolute atomic E-state index is 12.3. The molecule has 94 valence electrons. The predicted molar refractivity (Wildman–Crippen MR) is 74.3 cm³/mol. The molecular formula is C14H15NO2S. The first-order chi connectivity index (χ1) is 8.84. The highest BCUT2D eigenvalue weighted by molar-refractivity contribution is 7.99. The van der Waals surface area contributed by atoms with Gasteiger partial charge in [0.2, 0.25) is 0 Å². The summed E-state index contributed by atoms with van der Waals surface area (Å²) in [5.74, 6) is 2.41. The Morgan fingerprint density at radius 1 is 1.28 bits per heavy atom. The molecule has 0 amide bonds. The van der Waals surface area contributed by atoms with Crippen LogP contribution in [-0.4, -0.2) is 41.8 Å². The number of benzene rings is 1. The van der Waals surface area contributed by atoms with Crippen molar-refractivity contribution in [1.29, 1.82) is 0 Å². The highest BCUT2D eigenvalue weighted by Crippen LogP contribution is 2.21. The van der Waals surface area contributed by atoms with Gasteiger partial charge in [-0.05, 0) is 6.07 Å². The van der Waals surface area contributed by atoms with Crippen LogP contribution >= 0.6 is 11.8 Å². The molecule has 2 aromatic rings. The van der Waals surface area contributed by atoms with Crippen LogP contribution in [0.2, 0.25) is 0 Å². The Hall–Kier alpha value is -1.26. The summed E-state index contributed by atoms with van der Waals surface area (Å²) in [4.78, 5) is 14.5. The number of ketones is 1. The average molecular weight is 261 g/mol. The Balaban J connectivity index is 1.79. The zero-order chi connectivity index (χ0) is 12.4. The van der Waals surface area contributed by atoms with Gasteiger partial charge in [-0.1, -0.05) is 18.2 Å². The summed E-state index contributed by atoms with van der Waals surface area (Å²) in [6.07, 6.45) is 1.59. The van der Waals surface area contributed by atoms with E-state index in [1.807, 2.05) is 36.0 Å². The maximum Gasteiger partial charge on any atom is 0.180 e. The molecule has 4 heteroatoms. The van der Waals surface area contributed by atoms with Gasteiger partial charge in [-0.3, -0.25) is 9.69 Å². The van der Waals surface area contributed by atoms with Crippen molar-refractivity contribution in [1.82, 2.24) is 4.90 Å². The lowest BCUT2D eigenvalue weighted by Crippen LogP contribution is -2.36. The van der Waals surface area contributed by atoms with Gasteiger partial charge in [-0.2, -0.15) is 11.8 Å². The fourth-order valence-electron chi connectivity index (χ4n) is 2.24. The highest BCUT2D eigenvalue weighted by Gasteiger charge is 2.18. The number of hydrogen-bond acceptors (Lipinski definition) is 4. The van der Waals surface area contributed by atoms with Gasteiger partial charge in [0, 0.05) is 30.0 Å². The van der Waals surface area contributed by atoms with E-state index in [1.165, 1.54) is 0 Å². The van der Waals surface area contributed by atoms with Crippen molar-refractivity contribution in [2.24, 2.45) is 0 Å². The third kappa shape index (κ3) is 2.31. The summed E-state index contributed by atoms with van der Waals surface area (Å²) >= 11 is 1.95. The predicted octanol–water partition coefficient (Wildman–Crippen LogP) is 2.66. The Bertz CT molecular complexity index is 558. The van der Waals surface area contributed by atoms with E-state index in [1.54, 1.807) is 6.26 Å². The molecule has 3 nitrogen and oxygen atoms in total. The molecule has 18 heavy (non-hydrogen) atoms. The minimum Gasteiger partial charge on any atom is -0.464 e. The molecule has 1 aliphatic rings. The fraction of sp³-hybridized carbons (Fsp3) is 0.357. The van der Waals surface area contributed by atoms with E-state index in [4.69, 9.17) is 4.42 Å². The van der Waals surface area contributed by atoms with Crippen LogP contribution in [0.4, 0.5) is 0 Å². The number of Topliss-reactive ketones (excluding diaryl/α,β-unsaturated/α-hetero) is 1. The van der Waals surface area contributed by atoms with Crippen molar-refractivity contribution < 1.29 is 9.21 Å². The number of carbonyl (C=O) groups excluding carboxylic acids is 1. The van der Waals surface area contributed by atoms with Crippen molar-refractivity contribution in [2.45, 2.75) is 0 Å². The first-order valence-electron chi connectivity index (χ1n) is 6.14. The number of rotatable bonds is 3. The SMILES string of the molecule is O=C(CN1CCSCC1)c1coc2ccccc12. The van der Waals surface area contributed by atoms with Crippen molar-refractivity contribution >= 4 is 28.5 Å². The normalized spacial score (nSPS) is 17.1. The monoisotopic (exact) mass is 261 g/mol. The van der Waals surface area contributed by atoms with Gasteiger partial charge in [0.15, 0.2) is 5.78 Å². The summed E-state index contributed by atoms with van der Waals surface area (Å²) in [6.45, 7) is 2.52. The molecule has 0 spiro atoms. The molecule has 0 aliphatic carbocycles. The zero-order valence-electron chi connectivity index (χ0n) is 10.1. The van der Waals surface area contributed by atoms with Gasteiger partial charge < -0.3 is 4.42 Å². The summed E-state index contributed by atoms with van der Waals surface area (Å²) in [6, 6.07) is 7.69. The molecule has 1 aromatic carbocycles. The van der Waals surface area contributed by atoms with Crippen LogP contribution in [0, 0.1) is 0 Å². The molecule has 2 heterocycles. The minimum absolute atomic E-state index is 0.159. The molecule has 0 saturated carbocycles. The standard InChI is InChI=1S/C14H15NO2S/c16-13(9-15-5-7-18-8-6-15)12-10-17-14-4-2-1-3-11(12)14/h1-4,10H,5-9H2. The van der Waals surface area contributed by atoms with Crippen molar-refractivity contribution in [3.63, 3.8) is 0 Å². The second-order valence-corrected chi connectivity index (χ2v) is 5.68. The van der Waals surface area contributed by atoms with Gasteiger partial charge in [-0.25, -0.2) is 0 Å². The van der Waals surface area contributed by atoms with E-state index in [9.17, 15) is 4.79 Å². The van der Waals surface area contributed by atoms with Crippen molar-refractivity contribution in [3.8, 4) is 0 Å². The topological polar surface area (TPSA) is 33.5 Å². The van der Waals surface area contributed by atoms with Crippen LogP contribution < -0.4 is 0 Å². The second kappa shape index (κ2) is 5.16. The smallest absolute Gasteiger partial charge is 0.180 e. The van der Waals surface area contributed by atoms with E-state index in [0.29, 0.717) is 12.1 Å². The molecule has 1 fully saturated rings. The molecule has 0 unspecified atom stereocenters. The average Bonchev–Trinajstić information content (AvgIpc) is 2.84. The lowest BCUT2D eigenvalue weighted by Gasteiger charge is -2.25. The minimum atomic E-state index is 0.159. The molecule has 0 N–H and O–H groups in total. The molecular weight excluding hydrogens is 246 g/mol. The highest BCUT2D eigenvalue weighted by atomic mass is 32.2. The van der Waals surface area contributed by atoms with Gasteiger partial charge in [0.05, 0.1) is 12.1 Å². The maximum atomic E-state index is 12.3. The van der Waals surface area contributed by atoms with E-state index in [2.05, 4.69) is 4.90 Å². The van der Waals surface area contributed by atoms with Gasteiger partial charge in [0.1, 0.15) is 11.8 Å². The number of thioether (sulfide) groups is 1. The summed E-state index contributed by atoms with van der Waals surface area (Å²) in [7, 11) is 0. The second-order valence-electron chi connectivity index (χ2n) is 4.46. The van der Waals surface area contributed by atoms with Crippen LogP contribution in [0.15, 0.2) is 34.9 Å². The van der Waals surface area contributed by atoms with E-state index in [-0.39, 0.29) is 5.78 Å². The number of carbonyl (C=O) groups is 1. The lowest BCUT2D eigenvalue weighted by atomic mass is 10.1. The van der Waals surface area contributed by atoms with Crippen LogP contribution in [-0.2, 0) is 0 Å². The molecule has 1 saturated heterocycles. The molecule has 1 aliphatic heterocycles. The largest absolute Gasteiger partial charge is 0.464 e. The van der Waals surface area contributed by atoms with E-state index in [0.717, 1.165) is 35.6 Å². The Morgan fingerprint density at radius 2 is 2.06 bits per heavy atom. The number of nitrogens with zero attached hydrogens (tertiary/aromatic N) is 1. The van der Waals surface area contributed by atoms with E-state index >= 15 is 0 Å². The molecule has 1 aromatic heterocycles. The van der Waals surface area contributed by atoms with Crippen LogP contribution in [0.1, 0.15) is 10.4 Å². The Kier molecular flexibility index (Phi) is 3.39. The van der Waals surface area contributed by atoms with Crippen LogP contribution in [0.5, 0.6) is 0 Å². The summed E-state index contributed by atoms with van der Waals surface area (Å²) in [5.41, 5.74) is 1.50. The number of para-hydroxylation sites is 1. The van der Waals surface area contributed by atoms with Gasteiger partial charge in [-0.15, -0.1) is 0 Å². The van der Waals surface area contributed by atoms with Crippen LogP contribution in [0.25, 0.3) is 11.0 Å². The third-order valence-electron chi connectivity index (χ3n) is 3.25. The number of hydrogen-bond donors (Lipinski definition) is 0.